The van der Waals surface area contributed by atoms with Crippen LogP contribution in [0.15, 0.2) is 197 Å². The second-order valence-corrected chi connectivity index (χ2v) is 16.1. The first-order chi connectivity index (χ1) is 28.5. The monoisotopic (exact) mass is 743 g/mol. The van der Waals surface area contributed by atoms with Gasteiger partial charge in [-0.05, 0) is 110 Å². The number of nitrogens with zero attached hydrogens (tertiary/aromatic N) is 1. The van der Waals surface area contributed by atoms with E-state index in [2.05, 4.69) is 195 Å². The molecule has 58 heavy (non-hydrogen) atoms. The minimum atomic E-state index is -0.131. The Kier molecular flexibility index (Phi) is 6.98. The topological polar surface area (TPSA) is 29.5 Å². The van der Waals surface area contributed by atoms with Gasteiger partial charge in [0.15, 0.2) is 0 Å². The summed E-state index contributed by atoms with van der Waals surface area (Å²) in [5.74, 6) is 0. The first-order valence-electron chi connectivity index (χ1n) is 20.0. The molecule has 0 unspecified atom stereocenters. The Bertz CT molecular complexity index is 3420. The number of benzene rings is 9. The third-order valence-electron chi connectivity index (χ3n) is 12.5. The number of fused-ring (bicyclic) bond motifs is 11. The van der Waals surface area contributed by atoms with E-state index in [1.165, 1.54) is 33.4 Å². The molecule has 11 aromatic rings. The molecule has 0 amide bonds. The maximum atomic E-state index is 6.97. The van der Waals surface area contributed by atoms with Crippen LogP contribution in [0.25, 0.3) is 88.0 Å². The minimum Gasteiger partial charge on any atom is -0.456 e. The molecule has 9 aromatic carbocycles. The number of furan rings is 2. The van der Waals surface area contributed by atoms with Crippen molar-refractivity contribution in [1.82, 2.24) is 0 Å². The van der Waals surface area contributed by atoms with Gasteiger partial charge in [-0.15, -0.1) is 0 Å². The van der Waals surface area contributed by atoms with E-state index in [9.17, 15) is 0 Å². The van der Waals surface area contributed by atoms with E-state index in [1.54, 1.807) is 0 Å². The fourth-order valence-corrected chi connectivity index (χ4v) is 9.66. The highest BCUT2D eigenvalue weighted by Crippen LogP contribution is 2.51. The van der Waals surface area contributed by atoms with Gasteiger partial charge < -0.3 is 13.7 Å². The molecule has 1 aliphatic rings. The van der Waals surface area contributed by atoms with Crippen molar-refractivity contribution >= 4 is 71.7 Å². The van der Waals surface area contributed by atoms with Crippen LogP contribution in [0.5, 0.6) is 0 Å². The van der Waals surface area contributed by atoms with Gasteiger partial charge in [-0.25, -0.2) is 0 Å². The zero-order chi connectivity index (χ0) is 38.5. The summed E-state index contributed by atoms with van der Waals surface area (Å²) in [6.07, 6.45) is 0. The van der Waals surface area contributed by atoms with E-state index < -0.39 is 0 Å². The molecule has 1 aliphatic carbocycles. The predicted octanol–water partition coefficient (Wildman–Crippen LogP) is 15.7. The summed E-state index contributed by atoms with van der Waals surface area (Å²) in [6.45, 7) is 4.69. The Morgan fingerprint density at radius 1 is 0.379 bits per heavy atom. The fraction of sp³-hybridized carbons (Fsp3) is 0.0545. The van der Waals surface area contributed by atoms with Gasteiger partial charge in [0, 0.05) is 49.6 Å². The van der Waals surface area contributed by atoms with E-state index >= 15 is 0 Å². The molecule has 0 atom stereocenters. The zero-order valence-electron chi connectivity index (χ0n) is 32.2. The Hall–Kier alpha value is -7.36. The summed E-state index contributed by atoms with van der Waals surface area (Å²) in [7, 11) is 0. The van der Waals surface area contributed by atoms with Crippen LogP contribution in [0, 0.1) is 0 Å². The number of hydrogen-bond donors (Lipinski definition) is 0. The third kappa shape index (κ3) is 4.80. The molecular formula is C55H37NO2. The van der Waals surface area contributed by atoms with Crippen molar-refractivity contribution in [3.05, 3.63) is 199 Å². The van der Waals surface area contributed by atoms with Gasteiger partial charge in [0.25, 0.3) is 0 Å². The van der Waals surface area contributed by atoms with Gasteiger partial charge in [-0.1, -0.05) is 141 Å². The molecule has 3 nitrogen and oxygen atoms in total. The Morgan fingerprint density at radius 3 is 1.90 bits per heavy atom. The minimum absolute atomic E-state index is 0.131. The number of para-hydroxylation sites is 1. The quantitative estimate of drug-likeness (QED) is 0.176. The zero-order valence-corrected chi connectivity index (χ0v) is 32.2. The molecule has 3 heteroatoms. The van der Waals surface area contributed by atoms with Crippen LogP contribution in [-0.2, 0) is 5.41 Å². The molecule has 0 aliphatic heterocycles. The molecule has 0 radical (unpaired) electrons. The van der Waals surface area contributed by atoms with E-state index in [0.717, 1.165) is 82.8 Å². The molecule has 274 valence electrons. The molecule has 0 N–H and O–H groups in total. The first kappa shape index (κ1) is 32.8. The second-order valence-electron chi connectivity index (χ2n) is 16.1. The van der Waals surface area contributed by atoms with Crippen molar-refractivity contribution in [2.75, 3.05) is 4.90 Å². The summed E-state index contributed by atoms with van der Waals surface area (Å²) >= 11 is 0. The smallest absolute Gasteiger partial charge is 0.143 e. The van der Waals surface area contributed by atoms with Crippen LogP contribution in [0.2, 0.25) is 0 Å². The van der Waals surface area contributed by atoms with Crippen LogP contribution in [0.4, 0.5) is 17.1 Å². The van der Waals surface area contributed by atoms with Crippen LogP contribution in [0.3, 0.4) is 0 Å². The fourth-order valence-electron chi connectivity index (χ4n) is 9.66. The molecule has 0 spiro atoms. The van der Waals surface area contributed by atoms with Crippen molar-refractivity contribution in [3.63, 3.8) is 0 Å². The summed E-state index contributed by atoms with van der Waals surface area (Å²) < 4.78 is 13.3. The normalized spacial score (nSPS) is 13.1. The highest BCUT2D eigenvalue weighted by Gasteiger charge is 2.36. The lowest BCUT2D eigenvalue weighted by atomic mass is 9.82. The van der Waals surface area contributed by atoms with E-state index in [4.69, 9.17) is 8.83 Å². The Morgan fingerprint density at radius 2 is 1.02 bits per heavy atom. The lowest BCUT2D eigenvalue weighted by molar-refractivity contribution is 0.660. The summed E-state index contributed by atoms with van der Waals surface area (Å²) in [5.41, 5.74) is 16.5. The van der Waals surface area contributed by atoms with Crippen LogP contribution in [-0.4, -0.2) is 0 Å². The number of anilines is 3. The van der Waals surface area contributed by atoms with Gasteiger partial charge in [0.05, 0.1) is 0 Å². The van der Waals surface area contributed by atoms with Gasteiger partial charge in [-0.2, -0.15) is 0 Å². The lowest BCUT2D eigenvalue weighted by Crippen LogP contribution is -2.16. The van der Waals surface area contributed by atoms with Gasteiger partial charge in [0.2, 0.25) is 0 Å². The Balaban J connectivity index is 1.09. The van der Waals surface area contributed by atoms with Crippen molar-refractivity contribution in [2.45, 2.75) is 19.3 Å². The van der Waals surface area contributed by atoms with Crippen molar-refractivity contribution in [3.8, 4) is 33.4 Å². The highest BCUT2D eigenvalue weighted by molar-refractivity contribution is 6.25. The lowest BCUT2D eigenvalue weighted by Gasteiger charge is -2.28. The van der Waals surface area contributed by atoms with Gasteiger partial charge in [-0.3, -0.25) is 0 Å². The molecule has 12 rings (SSSR count). The van der Waals surface area contributed by atoms with E-state index in [-0.39, 0.29) is 5.41 Å². The molecule has 0 fully saturated rings. The molecule has 2 heterocycles. The standard InChI is InChI=1S/C55H37NO2/c1-55(2)47-20-10-8-17-41(47)42-29-27-39(33-48(42)55)56(37-25-23-35(24-26-37)34-13-4-3-5-14-34)38-28-30-50-46(32-38)53-40-16-7-6-15-36(40)31-45(54(53)58-50)43-19-12-22-51-52(43)44-18-9-11-21-49(44)57-51/h3-33H,1-2H3. The van der Waals surface area contributed by atoms with Crippen LogP contribution in [0.1, 0.15) is 25.0 Å². The SMILES string of the molecule is CC1(C)c2ccccc2-c2ccc(N(c3ccc(-c4ccccc4)cc3)c3ccc4oc5c(-c6cccc7oc8ccccc8c67)cc6ccccc6c5c4c3)cc21. The maximum Gasteiger partial charge on any atom is 0.143 e. The summed E-state index contributed by atoms with van der Waals surface area (Å²) in [6, 6.07) is 67.6. The van der Waals surface area contributed by atoms with Crippen molar-refractivity contribution < 1.29 is 8.83 Å². The van der Waals surface area contributed by atoms with Crippen molar-refractivity contribution in [1.29, 1.82) is 0 Å². The third-order valence-corrected chi connectivity index (χ3v) is 12.5. The molecule has 0 saturated heterocycles. The summed E-state index contributed by atoms with van der Waals surface area (Å²) in [4.78, 5) is 2.40. The molecular weight excluding hydrogens is 707 g/mol. The second kappa shape index (κ2) is 12.3. The van der Waals surface area contributed by atoms with Crippen LogP contribution >= 0.6 is 0 Å². The van der Waals surface area contributed by atoms with Gasteiger partial charge in [0.1, 0.15) is 22.3 Å². The molecule has 2 aromatic heterocycles. The predicted molar refractivity (Wildman–Crippen MR) is 242 cm³/mol. The average molecular weight is 744 g/mol. The first-order valence-corrected chi connectivity index (χ1v) is 20.0. The largest absolute Gasteiger partial charge is 0.456 e. The van der Waals surface area contributed by atoms with Crippen LogP contribution < -0.4 is 4.90 Å². The highest BCUT2D eigenvalue weighted by atomic mass is 16.3. The van der Waals surface area contributed by atoms with Crippen molar-refractivity contribution in [2.24, 2.45) is 0 Å². The van der Waals surface area contributed by atoms with Gasteiger partial charge >= 0.3 is 0 Å². The maximum absolute atomic E-state index is 6.97. The number of hydrogen-bond acceptors (Lipinski definition) is 3. The molecule has 0 bridgehead atoms. The van der Waals surface area contributed by atoms with E-state index in [0.29, 0.717) is 0 Å². The summed E-state index contributed by atoms with van der Waals surface area (Å²) in [5, 5.41) is 6.72. The molecule has 0 saturated carbocycles. The Labute approximate surface area is 336 Å². The van der Waals surface area contributed by atoms with E-state index in [1.807, 2.05) is 12.1 Å². The number of rotatable bonds is 5. The average Bonchev–Trinajstić information content (AvgIpc) is 3.92.